The molecule has 0 saturated heterocycles. The van der Waals surface area contributed by atoms with E-state index in [1.807, 2.05) is 0 Å². The maximum Gasteiger partial charge on any atom is 0.330 e. The Bertz CT molecular complexity index is 250. The highest BCUT2D eigenvalue weighted by atomic mass is 16.4. The van der Waals surface area contributed by atoms with E-state index in [1.54, 1.807) is 13.8 Å². The van der Waals surface area contributed by atoms with Gasteiger partial charge in [-0.25, -0.2) is 9.59 Å². The summed E-state index contributed by atoms with van der Waals surface area (Å²) in [7, 11) is 0. The molecule has 0 heterocycles. The molecule has 0 aromatic heterocycles. The van der Waals surface area contributed by atoms with E-state index < -0.39 is 11.9 Å². The zero-order valence-corrected chi connectivity index (χ0v) is 11.9. The van der Waals surface area contributed by atoms with Gasteiger partial charge in [-0.05, 0) is 34.1 Å². The number of aliphatic hydroxyl groups excluding tert-OH is 2. The minimum absolute atomic E-state index is 0.176. The highest BCUT2D eigenvalue weighted by molar-refractivity contribution is 5.85. The highest BCUT2D eigenvalue weighted by Gasteiger charge is 1.98. The predicted molar refractivity (Wildman–Crippen MR) is 72.9 cm³/mol. The standard InChI is InChI=1S/C5H12O2.2C4H6O2/c1-4(6)3-5(2)7;2*1-3(2)4(5)6/h4-7H,3H2,1-2H3;2*1H2,2H3,(H,5,6). The number of carboxylic acids is 2. The molecule has 6 heteroatoms. The van der Waals surface area contributed by atoms with Crippen molar-refractivity contribution in [3.8, 4) is 0 Å². The van der Waals surface area contributed by atoms with E-state index in [9.17, 15) is 9.59 Å². The predicted octanol–water partition coefficient (Wildman–Crippen LogP) is 1.43. The summed E-state index contributed by atoms with van der Waals surface area (Å²) in [6, 6.07) is 0. The Balaban J connectivity index is -0.000000203. The quantitative estimate of drug-likeness (QED) is 0.577. The molecule has 0 aliphatic heterocycles. The van der Waals surface area contributed by atoms with Crippen LogP contribution in [0.2, 0.25) is 0 Å². The van der Waals surface area contributed by atoms with Gasteiger partial charge in [0.2, 0.25) is 0 Å². The van der Waals surface area contributed by atoms with E-state index in [4.69, 9.17) is 20.4 Å². The maximum atomic E-state index is 9.60. The third-order valence-corrected chi connectivity index (χ3v) is 1.41. The molecule has 0 radical (unpaired) electrons. The average Bonchev–Trinajstić information content (AvgIpc) is 2.16. The van der Waals surface area contributed by atoms with Crippen molar-refractivity contribution >= 4 is 11.9 Å². The van der Waals surface area contributed by atoms with Gasteiger partial charge in [0.25, 0.3) is 0 Å². The fraction of sp³-hybridized carbons (Fsp3) is 0.538. The van der Waals surface area contributed by atoms with Crippen LogP contribution in [-0.2, 0) is 9.59 Å². The van der Waals surface area contributed by atoms with Gasteiger partial charge in [0.05, 0.1) is 12.2 Å². The molecule has 0 amide bonds. The minimum Gasteiger partial charge on any atom is -0.478 e. The largest absolute Gasteiger partial charge is 0.478 e. The van der Waals surface area contributed by atoms with Crippen molar-refractivity contribution in [1.29, 1.82) is 0 Å². The molecule has 0 aliphatic carbocycles. The van der Waals surface area contributed by atoms with Crippen LogP contribution in [0, 0.1) is 0 Å². The first kappa shape index (κ1) is 22.5. The third kappa shape index (κ3) is 31.4. The number of aliphatic carboxylic acids is 2. The Labute approximate surface area is 113 Å². The SMILES string of the molecule is C=C(C)C(=O)O.C=C(C)C(=O)O.CC(O)CC(C)O. The summed E-state index contributed by atoms with van der Waals surface area (Å²) in [5.74, 6) is -1.87. The minimum atomic E-state index is -0.935. The van der Waals surface area contributed by atoms with E-state index in [2.05, 4.69) is 13.2 Å². The summed E-state index contributed by atoms with van der Waals surface area (Å²) >= 11 is 0. The molecule has 112 valence electrons. The fourth-order valence-electron chi connectivity index (χ4n) is 0.494. The molecule has 19 heavy (non-hydrogen) atoms. The van der Waals surface area contributed by atoms with Crippen molar-refractivity contribution in [2.75, 3.05) is 0 Å². The van der Waals surface area contributed by atoms with Crippen LogP contribution in [0.25, 0.3) is 0 Å². The number of carbonyl (C=O) groups is 2. The van der Waals surface area contributed by atoms with Gasteiger partial charge in [0.1, 0.15) is 0 Å². The van der Waals surface area contributed by atoms with Gasteiger partial charge in [-0.1, -0.05) is 13.2 Å². The molecule has 2 atom stereocenters. The van der Waals surface area contributed by atoms with Crippen molar-refractivity contribution in [3.05, 3.63) is 24.3 Å². The summed E-state index contributed by atoms with van der Waals surface area (Å²) in [6.45, 7) is 12.5. The lowest BCUT2D eigenvalue weighted by molar-refractivity contribution is -0.133. The number of aliphatic hydroxyl groups is 2. The molecule has 0 spiro atoms. The van der Waals surface area contributed by atoms with E-state index in [0.717, 1.165) is 0 Å². The molecular weight excluding hydrogens is 252 g/mol. The lowest BCUT2D eigenvalue weighted by Crippen LogP contribution is -2.10. The summed E-state index contributed by atoms with van der Waals surface area (Å²) in [5, 5.41) is 32.9. The van der Waals surface area contributed by atoms with Gasteiger partial charge >= 0.3 is 11.9 Å². The molecule has 0 fully saturated rings. The summed E-state index contributed by atoms with van der Waals surface area (Å²) in [4.78, 5) is 19.2. The lowest BCUT2D eigenvalue weighted by atomic mass is 10.2. The van der Waals surface area contributed by atoms with Crippen LogP contribution < -0.4 is 0 Å². The third-order valence-electron chi connectivity index (χ3n) is 1.41. The summed E-state index contributed by atoms with van der Waals surface area (Å²) in [5.41, 5.74) is 0.352. The number of hydrogen-bond acceptors (Lipinski definition) is 4. The molecule has 0 aromatic rings. The van der Waals surface area contributed by atoms with Crippen LogP contribution in [0.3, 0.4) is 0 Å². The second kappa shape index (κ2) is 12.8. The first-order valence-electron chi connectivity index (χ1n) is 5.55. The van der Waals surface area contributed by atoms with Crippen LogP contribution in [0.1, 0.15) is 34.1 Å². The Morgan fingerprint density at radius 1 is 0.895 bits per heavy atom. The Kier molecular flexibility index (Phi) is 15.2. The summed E-state index contributed by atoms with van der Waals surface area (Å²) < 4.78 is 0. The second-order valence-corrected chi connectivity index (χ2v) is 4.10. The van der Waals surface area contributed by atoms with Crippen molar-refractivity contribution in [2.45, 2.75) is 46.3 Å². The van der Waals surface area contributed by atoms with Crippen molar-refractivity contribution in [1.82, 2.24) is 0 Å². The monoisotopic (exact) mass is 276 g/mol. The zero-order valence-electron chi connectivity index (χ0n) is 11.9. The molecule has 0 bridgehead atoms. The molecule has 0 aromatic carbocycles. The Hall–Kier alpha value is -1.66. The topological polar surface area (TPSA) is 115 Å². The van der Waals surface area contributed by atoms with E-state index in [1.165, 1.54) is 13.8 Å². The van der Waals surface area contributed by atoms with Gasteiger partial charge in [0, 0.05) is 11.1 Å². The highest BCUT2D eigenvalue weighted by Crippen LogP contribution is 1.93. The van der Waals surface area contributed by atoms with Crippen molar-refractivity contribution in [3.63, 3.8) is 0 Å². The molecule has 0 aliphatic rings. The maximum absolute atomic E-state index is 9.60. The first-order valence-corrected chi connectivity index (χ1v) is 5.55. The smallest absolute Gasteiger partial charge is 0.330 e. The van der Waals surface area contributed by atoms with Crippen molar-refractivity contribution in [2.24, 2.45) is 0 Å². The van der Waals surface area contributed by atoms with Crippen LogP contribution in [0.5, 0.6) is 0 Å². The van der Waals surface area contributed by atoms with Gasteiger partial charge in [0.15, 0.2) is 0 Å². The molecule has 0 saturated carbocycles. The molecule has 2 unspecified atom stereocenters. The molecule has 6 nitrogen and oxygen atoms in total. The van der Waals surface area contributed by atoms with Crippen molar-refractivity contribution < 1.29 is 30.0 Å². The van der Waals surface area contributed by atoms with E-state index >= 15 is 0 Å². The van der Waals surface area contributed by atoms with E-state index in [0.29, 0.717) is 6.42 Å². The normalized spacial score (nSPS) is 11.7. The van der Waals surface area contributed by atoms with Gasteiger partial charge < -0.3 is 20.4 Å². The van der Waals surface area contributed by atoms with Crippen LogP contribution in [0.15, 0.2) is 24.3 Å². The Morgan fingerprint density at radius 2 is 1.05 bits per heavy atom. The zero-order chi connectivity index (χ0) is 16.2. The number of rotatable bonds is 4. The number of hydrogen-bond donors (Lipinski definition) is 4. The first-order chi connectivity index (χ1) is 8.41. The number of carboxylic acid groups (broad SMARTS) is 2. The molecule has 4 N–H and O–H groups in total. The molecule has 0 rings (SSSR count). The van der Waals surface area contributed by atoms with Crippen LogP contribution in [0.4, 0.5) is 0 Å². The molecular formula is C13H24O6. The fourth-order valence-corrected chi connectivity index (χ4v) is 0.494. The second-order valence-electron chi connectivity index (χ2n) is 4.10. The van der Waals surface area contributed by atoms with Gasteiger partial charge in [-0.3, -0.25) is 0 Å². The van der Waals surface area contributed by atoms with Gasteiger partial charge in [-0.2, -0.15) is 0 Å². The van der Waals surface area contributed by atoms with Crippen LogP contribution >= 0.6 is 0 Å². The van der Waals surface area contributed by atoms with Gasteiger partial charge in [-0.15, -0.1) is 0 Å². The Morgan fingerprint density at radius 3 is 1.05 bits per heavy atom. The average molecular weight is 276 g/mol. The van der Waals surface area contributed by atoms with Crippen LogP contribution in [-0.4, -0.2) is 44.6 Å². The van der Waals surface area contributed by atoms with E-state index in [-0.39, 0.29) is 23.4 Å². The summed E-state index contributed by atoms with van der Waals surface area (Å²) in [6.07, 6.45) is -0.278. The lowest BCUT2D eigenvalue weighted by Gasteiger charge is -2.04.